The van der Waals surface area contributed by atoms with Crippen LogP contribution < -0.4 is 5.73 Å². The lowest BCUT2D eigenvalue weighted by Crippen LogP contribution is -2.49. The summed E-state index contributed by atoms with van der Waals surface area (Å²) in [6, 6.07) is 18.9. The summed E-state index contributed by atoms with van der Waals surface area (Å²) in [7, 11) is 0. The van der Waals surface area contributed by atoms with E-state index in [9.17, 15) is 5.11 Å². The highest BCUT2D eigenvalue weighted by Gasteiger charge is 2.39. The highest BCUT2D eigenvalue weighted by molar-refractivity contribution is 5.75. The van der Waals surface area contributed by atoms with Crippen molar-refractivity contribution in [1.82, 2.24) is 0 Å². The molecule has 2 aromatic rings. The summed E-state index contributed by atoms with van der Waals surface area (Å²) in [6.07, 6.45) is 0. The average Bonchev–Trinajstić information content (AvgIpc) is 2.47. The van der Waals surface area contributed by atoms with Crippen molar-refractivity contribution in [2.24, 2.45) is 11.7 Å². The van der Waals surface area contributed by atoms with E-state index in [1.165, 1.54) is 0 Å². The number of aliphatic hydroxyl groups is 1. The molecule has 0 aliphatic carbocycles. The van der Waals surface area contributed by atoms with E-state index in [0.717, 1.165) is 11.1 Å². The van der Waals surface area contributed by atoms with E-state index in [1.807, 2.05) is 74.5 Å². The van der Waals surface area contributed by atoms with Crippen LogP contribution in [0.4, 0.5) is 0 Å². The summed E-state index contributed by atoms with van der Waals surface area (Å²) in [4.78, 5) is 0. The molecule has 0 heterocycles. The Bertz CT molecular complexity index is 474. The SMILES string of the molecule is CC(C)[C@H](N)C(O)(c1ccccc1)c1ccccc1.[B]. The van der Waals surface area contributed by atoms with E-state index in [-0.39, 0.29) is 20.4 Å². The third kappa shape index (κ3) is 2.95. The van der Waals surface area contributed by atoms with Crippen LogP contribution in [-0.4, -0.2) is 19.6 Å². The molecule has 0 aliphatic rings. The predicted octanol–water partition coefficient (Wildman–Crippen LogP) is 2.53. The fourth-order valence-electron chi connectivity index (χ4n) is 2.42. The van der Waals surface area contributed by atoms with Crippen molar-refractivity contribution < 1.29 is 5.11 Å². The number of nitrogens with two attached hydrogens (primary N) is 1. The minimum atomic E-state index is -1.16. The molecule has 2 rings (SSSR count). The number of hydrogen-bond acceptors (Lipinski definition) is 2. The molecule has 3 N–H and O–H groups in total. The lowest BCUT2D eigenvalue weighted by molar-refractivity contribution is 0.0353. The molecule has 0 aromatic heterocycles. The first kappa shape index (κ1) is 16.5. The summed E-state index contributed by atoms with van der Waals surface area (Å²) >= 11 is 0. The molecule has 0 amide bonds. The maximum Gasteiger partial charge on any atom is 0.130 e. The second-order valence-corrected chi connectivity index (χ2v) is 5.27. The Labute approximate surface area is 123 Å². The van der Waals surface area contributed by atoms with Crippen LogP contribution in [0.25, 0.3) is 0 Å². The van der Waals surface area contributed by atoms with E-state index in [1.54, 1.807) is 0 Å². The third-order valence-electron chi connectivity index (χ3n) is 3.63. The first-order valence-corrected chi connectivity index (χ1v) is 6.66. The molecule has 2 nitrogen and oxygen atoms in total. The van der Waals surface area contributed by atoms with Crippen LogP contribution in [-0.2, 0) is 5.60 Å². The molecular weight excluding hydrogens is 245 g/mol. The second kappa shape index (κ2) is 6.73. The topological polar surface area (TPSA) is 46.2 Å². The molecule has 2 aromatic carbocycles. The Morgan fingerprint density at radius 1 is 0.850 bits per heavy atom. The fourth-order valence-corrected chi connectivity index (χ4v) is 2.42. The molecule has 1 atom stereocenters. The van der Waals surface area contributed by atoms with Crippen molar-refractivity contribution in [3.05, 3.63) is 71.8 Å². The first-order valence-electron chi connectivity index (χ1n) is 6.66. The molecule has 0 fully saturated rings. The molecule has 0 bridgehead atoms. The third-order valence-corrected chi connectivity index (χ3v) is 3.63. The highest BCUT2D eigenvalue weighted by Crippen LogP contribution is 2.34. The molecule has 0 spiro atoms. The van der Waals surface area contributed by atoms with Crippen LogP contribution in [0, 0.1) is 5.92 Å². The van der Waals surface area contributed by atoms with Gasteiger partial charge in [0, 0.05) is 14.5 Å². The van der Waals surface area contributed by atoms with Crippen molar-refractivity contribution in [1.29, 1.82) is 0 Å². The number of rotatable bonds is 4. The van der Waals surface area contributed by atoms with Crippen LogP contribution >= 0.6 is 0 Å². The van der Waals surface area contributed by atoms with Gasteiger partial charge in [-0.1, -0.05) is 74.5 Å². The molecule has 3 heteroatoms. The smallest absolute Gasteiger partial charge is 0.130 e. The highest BCUT2D eigenvalue weighted by atomic mass is 16.3. The van der Waals surface area contributed by atoms with Gasteiger partial charge < -0.3 is 10.8 Å². The largest absolute Gasteiger partial charge is 0.379 e. The average molecular weight is 266 g/mol. The normalized spacial score (nSPS) is 12.8. The van der Waals surface area contributed by atoms with E-state index >= 15 is 0 Å². The molecule has 3 radical (unpaired) electrons. The van der Waals surface area contributed by atoms with Crippen molar-refractivity contribution >= 4 is 8.41 Å². The van der Waals surface area contributed by atoms with Crippen LogP contribution in [0.15, 0.2) is 60.7 Å². The Balaban J connectivity index is 0.00000200. The van der Waals surface area contributed by atoms with Gasteiger partial charge >= 0.3 is 0 Å². The van der Waals surface area contributed by atoms with Crippen molar-refractivity contribution in [3.63, 3.8) is 0 Å². The van der Waals surface area contributed by atoms with E-state index in [2.05, 4.69) is 0 Å². The summed E-state index contributed by atoms with van der Waals surface area (Å²) in [5.41, 5.74) is 6.82. The summed E-state index contributed by atoms with van der Waals surface area (Å²) in [5, 5.41) is 11.3. The lowest BCUT2D eigenvalue weighted by Gasteiger charge is -2.37. The Morgan fingerprint density at radius 3 is 1.50 bits per heavy atom. The fraction of sp³-hybridized carbons (Fsp3) is 0.294. The standard InChI is InChI=1S/C17H21NO.B/c1-13(2)16(18)17(19,14-9-5-3-6-10-14)15-11-7-4-8-12-15;/h3-13,16,19H,18H2,1-2H3;/t16-;/m0./s1. The van der Waals surface area contributed by atoms with Gasteiger partial charge in [-0.3, -0.25) is 0 Å². The summed E-state index contributed by atoms with van der Waals surface area (Å²) < 4.78 is 0. The first-order chi connectivity index (χ1) is 9.06. The molecule has 0 saturated carbocycles. The van der Waals surface area contributed by atoms with Gasteiger partial charge in [-0.25, -0.2) is 0 Å². The van der Waals surface area contributed by atoms with Gasteiger partial charge in [0.05, 0.1) is 0 Å². The number of benzene rings is 2. The van der Waals surface area contributed by atoms with Crippen molar-refractivity contribution in [2.75, 3.05) is 0 Å². The van der Waals surface area contributed by atoms with Gasteiger partial charge in [0.25, 0.3) is 0 Å². The quantitative estimate of drug-likeness (QED) is 0.835. The lowest BCUT2D eigenvalue weighted by atomic mass is 9.76. The van der Waals surface area contributed by atoms with Gasteiger partial charge in [-0.15, -0.1) is 0 Å². The van der Waals surface area contributed by atoms with Gasteiger partial charge in [0.15, 0.2) is 0 Å². The maximum absolute atomic E-state index is 11.3. The van der Waals surface area contributed by atoms with E-state index in [0.29, 0.717) is 0 Å². The molecule has 0 saturated heterocycles. The second-order valence-electron chi connectivity index (χ2n) is 5.27. The van der Waals surface area contributed by atoms with Crippen molar-refractivity contribution in [3.8, 4) is 0 Å². The molecular formula is C17H21BNO. The summed E-state index contributed by atoms with van der Waals surface area (Å²) in [5.74, 6) is 0.172. The monoisotopic (exact) mass is 266 g/mol. The van der Waals surface area contributed by atoms with Gasteiger partial charge in [-0.2, -0.15) is 0 Å². The van der Waals surface area contributed by atoms with Crippen LogP contribution in [0.2, 0.25) is 0 Å². The zero-order valence-corrected chi connectivity index (χ0v) is 12.0. The Hall–Kier alpha value is -1.58. The van der Waals surface area contributed by atoms with Crippen LogP contribution in [0.5, 0.6) is 0 Å². The zero-order chi connectivity index (χ0) is 13.9. The van der Waals surface area contributed by atoms with Gasteiger partial charge in [-0.05, 0) is 17.0 Å². The van der Waals surface area contributed by atoms with Crippen LogP contribution in [0.1, 0.15) is 25.0 Å². The molecule has 20 heavy (non-hydrogen) atoms. The summed E-state index contributed by atoms with van der Waals surface area (Å²) in [6.45, 7) is 4.06. The zero-order valence-electron chi connectivity index (χ0n) is 12.0. The van der Waals surface area contributed by atoms with E-state index < -0.39 is 5.60 Å². The molecule has 0 aliphatic heterocycles. The Kier molecular flexibility index (Phi) is 5.55. The number of hydrogen-bond donors (Lipinski definition) is 2. The Morgan fingerprint density at radius 2 is 1.20 bits per heavy atom. The van der Waals surface area contributed by atoms with Gasteiger partial charge in [0.2, 0.25) is 0 Å². The van der Waals surface area contributed by atoms with Crippen molar-refractivity contribution in [2.45, 2.75) is 25.5 Å². The van der Waals surface area contributed by atoms with Gasteiger partial charge in [0.1, 0.15) is 5.60 Å². The maximum atomic E-state index is 11.3. The van der Waals surface area contributed by atoms with E-state index in [4.69, 9.17) is 5.73 Å². The minimum Gasteiger partial charge on any atom is -0.379 e. The predicted molar refractivity (Wildman–Crippen MR) is 84.5 cm³/mol. The molecule has 103 valence electrons. The molecule has 0 unspecified atom stereocenters. The minimum absolute atomic E-state index is 0. The van der Waals surface area contributed by atoms with Crippen LogP contribution in [0.3, 0.4) is 0 Å².